The number of hydrogen-bond donors (Lipinski definition) is 2. The Hall–Kier alpha value is -3.55. The molecular weight excluding hydrogens is 348 g/mol. The molecule has 2 N–H and O–H groups in total. The molecule has 0 fully saturated rings. The van der Waals surface area contributed by atoms with Gasteiger partial charge in [0.15, 0.2) is 0 Å². The third-order valence-corrected chi connectivity index (χ3v) is 3.95. The lowest BCUT2D eigenvalue weighted by molar-refractivity contribution is 0.0964. The number of rotatable bonds is 7. The maximum atomic E-state index is 11.9. The molecule has 3 rings (SSSR count). The van der Waals surface area contributed by atoms with Gasteiger partial charge in [0.1, 0.15) is 11.5 Å². The number of hydrogen-bond acceptors (Lipinski definition) is 7. The first-order valence-electron chi connectivity index (χ1n) is 8.26. The van der Waals surface area contributed by atoms with Crippen LogP contribution < -0.4 is 20.1 Å². The van der Waals surface area contributed by atoms with Gasteiger partial charge in [0.05, 0.1) is 31.9 Å². The highest BCUT2D eigenvalue weighted by molar-refractivity contribution is 5.99. The van der Waals surface area contributed by atoms with E-state index in [1.54, 1.807) is 51.6 Å². The molecule has 1 aromatic heterocycles. The molecule has 0 aliphatic rings. The molecule has 0 aliphatic carbocycles. The average Bonchev–Trinajstić information content (AvgIpc) is 3.20. The summed E-state index contributed by atoms with van der Waals surface area (Å²) in [6.45, 7) is 0.277. The molecular formula is C19H20N4O4. The quantitative estimate of drug-likeness (QED) is 0.661. The zero-order chi connectivity index (χ0) is 19.2. The zero-order valence-corrected chi connectivity index (χ0v) is 15.3. The summed E-state index contributed by atoms with van der Waals surface area (Å²) in [5.74, 6) is 1.87. The van der Waals surface area contributed by atoms with E-state index < -0.39 is 0 Å². The first-order chi connectivity index (χ1) is 13.2. The molecule has 8 nitrogen and oxygen atoms in total. The molecule has 0 saturated heterocycles. The summed E-state index contributed by atoms with van der Waals surface area (Å²) in [6, 6.07) is 12.6. The number of anilines is 1. The fourth-order valence-corrected chi connectivity index (χ4v) is 2.56. The molecule has 0 bridgehead atoms. The molecule has 0 atom stereocenters. The van der Waals surface area contributed by atoms with E-state index in [1.807, 2.05) is 12.1 Å². The van der Waals surface area contributed by atoms with Crippen LogP contribution in [0.4, 0.5) is 5.69 Å². The Morgan fingerprint density at radius 2 is 1.96 bits per heavy atom. The summed E-state index contributed by atoms with van der Waals surface area (Å²) in [4.78, 5) is 16.3. The number of nitrogens with one attached hydrogen (secondary N) is 2. The maximum absolute atomic E-state index is 11.9. The number of aromatic nitrogens is 2. The number of para-hydroxylation sites is 1. The second kappa shape index (κ2) is 8.22. The summed E-state index contributed by atoms with van der Waals surface area (Å²) in [5.41, 5.74) is 1.91. The van der Waals surface area contributed by atoms with Crippen LogP contribution in [0.2, 0.25) is 0 Å². The van der Waals surface area contributed by atoms with Crippen LogP contribution in [-0.4, -0.2) is 37.3 Å². The van der Waals surface area contributed by atoms with Crippen molar-refractivity contribution in [3.8, 4) is 22.9 Å². The van der Waals surface area contributed by atoms with E-state index in [0.717, 1.165) is 0 Å². The van der Waals surface area contributed by atoms with E-state index in [1.165, 1.54) is 0 Å². The van der Waals surface area contributed by atoms with Gasteiger partial charge in [-0.05, 0) is 24.3 Å². The third kappa shape index (κ3) is 4.00. The van der Waals surface area contributed by atoms with E-state index in [9.17, 15) is 4.79 Å². The second-order valence-corrected chi connectivity index (χ2v) is 5.56. The van der Waals surface area contributed by atoms with Gasteiger partial charge in [0.2, 0.25) is 11.7 Å². The minimum atomic E-state index is -0.174. The molecule has 2 aromatic carbocycles. The van der Waals surface area contributed by atoms with Gasteiger partial charge in [0, 0.05) is 18.8 Å². The van der Waals surface area contributed by atoms with Gasteiger partial charge in [-0.15, -0.1) is 0 Å². The number of carbonyl (C=O) groups is 1. The van der Waals surface area contributed by atoms with Gasteiger partial charge in [0.25, 0.3) is 5.91 Å². The summed E-state index contributed by atoms with van der Waals surface area (Å²) in [7, 11) is 4.74. The summed E-state index contributed by atoms with van der Waals surface area (Å²) in [6.07, 6.45) is 0. The molecule has 8 heteroatoms. The first kappa shape index (κ1) is 18.2. The van der Waals surface area contributed by atoms with Crippen molar-refractivity contribution in [2.45, 2.75) is 6.54 Å². The lowest BCUT2D eigenvalue weighted by Crippen LogP contribution is -2.19. The van der Waals surface area contributed by atoms with E-state index in [0.29, 0.717) is 40.0 Å². The SMILES string of the molecule is CNC(=O)c1ccccc1NCc1nc(-c2ccc(OC)cc2OC)no1. The Labute approximate surface area is 156 Å². The highest BCUT2D eigenvalue weighted by atomic mass is 16.5. The minimum Gasteiger partial charge on any atom is -0.497 e. The Morgan fingerprint density at radius 1 is 1.15 bits per heavy atom. The van der Waals surface area contributed by atoms with Crippen molar-refractivity contribution in [3.63, 3.8) is 0 Å². The molecule has 27 heavy (non-hydrogen) atoms. The second-order valence-electron chi connectivity index (χ2n) is 5.56. The first-order valence-corrected chi connectivity index (χ1v) is 8.26. The minimum absolute atomic E-state index is 0.174. The highest BCUT2D eigenvalue weighted by Crippen LogP contribution is 2.31. The number of methoxy groups -OCH3 is 2. The molecule has 0 saturated carbocycles. The predicted octanol–water partition coefficient (Wildman–Crippen LogP) is 2.73. The smallest absolute Gasteiger partial charge is 0.253 e. The van der Waals surface area contributed by atoms with Crippen molar-refractivity contribution >= 4 is 11.6 Å². The number of ether oxygens (including phenoxy) is 2. The summed E-state index contributed by atoms with van der Waals surface area (Å²) >= 11 is 0. The van der Waals surface area contributed by atoms with Crippen LogP contribution >= 0.6 is 0 Å². The van der Waals surface area contributed by atoms with Crippen molar-refractivity contribution in [2.24, 2.45) is 0 Å². The Morgan fingerprint density at radius 3 is 2.70 bits per heavy atom. The van der Waals surface area contributed by atoms with Crippen LogP contribution in [0.1, 0.15) is 16.2 Å². The van der Waals surface area contributed by atoms with Crippen molar-refractivity contribution in [3.05, 3.63) is 53.9 Å². The van der Waals surface area contributed by atoms with Crippen LogP contribution in [0.15, 0.2) is 47.0 Å². The number of benzene rings is 2. The zero-order valence-electron chi connectivity index (χ0n) is 15.3. The van der Waals surface area contributed by atoms with E-state index in [-0.39, 0.29) is 12.5 Å². The van der Waals surface area contributed by atoms with Gasteiger partial charge in [-0.25, -0.2) is 0 Å². The maximum Gasteiger partial charge on any atom is 0.253 e. The molecule has 0 spiro atoms. The average molecular weight is 368 g/mol. The van der Waals surface area contributed by atoms with Crippen LogP contribution in [0, 0.1) is 0 Å². The van der Waals surface area contributed by atoms with Crippen LogP contribution in [0.25, 0.3) is 11.4 Å². The molecule has 0 unspecified atom stereocenters. The van der Waals surface area contributed by atoms with Crippen LogP contribution in [-0.2, 0) is 6.54 Å². The normalized spacial score (nSPS) is 10.3. The Bertz CT molecular complexity index is 939. The van der Waals surface area contributed by atoms with E-state index in [2.05, 4.69) is 20.8 Å². The largest absolute Gasteiger partial charge is 0.497 e. The Kier molecular flexibility index (Phi) is 5.55. The lowest BCUT2D eigenvalue weighted by Gasteiger charge is -2.09. The van der Waals surface area contributed by atoms with Crippen LogP contribution in [0.5, 0.6) is 11.5 Å². The van der Waals surface area contributed by atoms with Crippen molar-refractivity contribution < 1.29 is 18.8 Å². The van der Waals surface area contributed by atoms with Crippen molar-refractivity contribution in [1.29, 1.82) is 0 Å². The van der Waals surface area contributed by atoms with E-state index in [4.69, 9.17) is 14.0 Å². The molecule has 140 valence electrons. The molecule has 1 amide bonds. The van der Waals surface area contributed by atoms with Gasteiger partial charge in [-0.3, -0.25) is 4.79 Å². The van der Waals surface area contributed by atoms with Crippen LogP contribution in [0.3, 0.4) is 0 Å². The molecule has 0 radical (unpaired) electrons. The Balaban J connectivity index is 1.77. The highest BCUT2D eigenvalue weighted by Gasteiger charge is 2.15. The fraction of sp³-hybridized carbons (Fsp3) is 0.211. The lowest BCUT2D eigenvalue weighted by atomic mass is 10.1. The van der Waals surface area contributed by atoms with Gasteiger partial charge >= 0.3 is 0 Å². The standard InChI is InChI=1S/C19H20N4O4/c1-20-19(24)13-6-4-5-7-15(13)21-11-17-22-18(23-27-17)14-9-8-12(25-2)10-16(14)26-3/h4-10,21H,11H2,1-3H3,(H,20,24). The van der Waals surface area contributed by atoms with Crippen molar-refractivity contribution in [2.75, 3.05) is 26.6 Å². The summed E-state index contributed by atoms with van der Waals surface area (Å²) in [5, 5.41) is 9.77. The number of carbonyl (C=O) groups excluding carboxylic acids is 1. The number of nitrogens with zero attached hydrogens (tertiary/aromatic N) is 2. The van der Waals surface area contributed by atoms with Gasteiger partial charge in [-0.2, -0.15) is 4.98 Å². The molecule has 3 aromatic rings. The topological polar surface area (TPSA) is 98.5 Å². The third-order valence-electron chi connectivity index (χ3n) is 3.95. The van der Waals surface area contributed by atoms with Gasteiger partial charge in [-0.1, -0.05) is 17.3 Å². The summed E-state index contributed by atoms with van der Waals surface area (Å²) < 4.78 is 15.9. The fourth-order valence-electron chi connectivity index (χ4n) is 2.56. The monoisotopic (exact) mass is 368 g/mol. The van der Waals surface area contributed by atoms with E-state index >= 15 is 0 Å². The molecule has 1 heterocycles. The molecule has 0 aliphatic heterocycles. The van der Waals surface area contributed by atoms with Crippen molar-refractivity contribution in [1.82, 2.24) is 15.5 Å². The predicted molar refractivity (Wildman–Crippen MR) is 100.0 cm³/mol. The van der Waals surface area contributed by atoms with Gasteiger partial charge < -0.3 is 24.6 Å². The number of amides is 1.